The molecule has 1 aliphatic heterocycles. The summed E-state index contributed by atoms with van der Waals surface area (Å²) in [4.78, 5) is 3.73. The lowest BCUT2D eigenvalue weighted by molar-refractivity contribution is 0.563. The molecule has 6 nitrogen and oxygen atoms in total. The highest BCUT2D eigenvalue weighted by Crippen LogP contribution is 2.44. The Labute approximate surface area is 250 Å². The van der Waals surface area contributed by atoms with Gasteiger partial charge in [0.2, 0.25) is 0 Å². The highest BCUT2D eigenvalue weighted by molar-refractivity contribution is 7.90. The number of hydrogen-bond donors (Lipinski definition) is 2. The van der Waals surface area contributed by atoms with E-state index in [0.29, 0.717) is 11.9 Å². The molecule has 1 unspecified atom stereocenters. The van der Waals surface area contributed by atoms with Crippen LogP contribution in [-0.4, -0.2) is 23.9 Å². The average Bonchev–Trinajstić information content (AvgIpc) is 3.69. The Hall–Kier alpha value is -4.75. The quantitative estimate of drug-likeness (QED) is 0.213. The summed E-state index contributed by atoms with van der Waals surface area (Å²) in [7, 11) is -3.85. The van der Waals surface area contributed by atoms with Crippen molar-refractivity contribution in [2.75, 3.05) is 11.9 Å². The standard InChI is InChI=1S/C36H31N3O3S/c1-23-12-14-27(15-13-23)43(40,41)39-22-25(20-26-19-24-7-2-5-11-34(24)42-26)35-33(39)17-16-30-28(9-6-18-37-36(30)35)31-21-38-32-10-4-3-8-29(31)32/h2-5,7-8,10-17,19,21-22,28,37-38H,6,9,18,20H2,1H3. The third-order valence-electron chi connectivity index (χ3n) is 8.81. The Morgan fingerprint density at radius 3 is 2.60 bits per heavy atom. The normalized spacial score (nSPS) is 15.5. The van der Waals surface area contributed by atoms with Crippen LogP contribution in [0, 0.1) is 6.92 Å². The summed E-state index contributed by atoms with van der Waals surface area (Å²) in [5.74, 6) is 0.967. The molecule has 0 spiro atoms. The second-order valence-electron chi connectivity index (χ2n) is 11.5. The summed E-state index contributed by atoms with van der Waals surface area (Å²) in [5, 5.41) is 6.91. The molecule has 4 aromatic carbocycles. The number of aromatic nitrogens is 2. The number of aromatic amines is 1. The number of para-hydroxylation sites is 2. The molecule has 3 aromatic heterocycles. The van der Waals surface area contributed by atoms with Crippen LogP contribution in [-0.2, 0) is 16.4 Å². The summed E-state index contributed by atoms with van der Waals surface area (Å²) >= 11 is 0. The van der Waals surface area contributed by atoms with Crippen LogP contribution in [0.2, 0.25) is 0 Å². The predicted molar refractivity (Wildman–Crippen MR) is 173 cm³/mol. The molecule has 0 bridgehead atoms. The lowest BCUT2D eigenvalue weighted by atomic mass is 9.86. The van der Waals surface area contributed by atoms with Crippen molar-refractivity contribution >= 4 is 48.5 Å². The molecule has 0 radical (unpaired) electrons. The van der Waals surface area contributed by atoms with Gasteiger partial charge < -0.3 is 14.7 Å². The van der Waals surface area contributed by atoms with Gasteiger partial charge in [-0.1, -0.05) is 60.2 Å². The van der Waals surface area contributed by atoms with Gasteiger partial charge in [-0.2, -0.15) is 0 Å². The number of furan rings is 1. The van der Waals surface area contributed by atoms with E-state index in [1.165, 1.54) is 20.5 Å². The van der Waals surface area contributed by atoms with Crippen molar-refractivity contribution in [3.63, 3.8) is 0 Å². The van der Waals surface area contributed by atoms with Crippen LogP contribution in [0.5, 0.6) is 0 Å². The summed E-state index contributed by atoms with van der Waals surface area (Å²) in [5.41, 5.74) is 8.00. The SMILES string of the molecule is Cc1ccc(S(=O)(=O)n2cc(Cc3cc4ccccc4o3)c3c4c(ccc32)C(c2c[nH]c3ccccc23)CCCN4)cc1. The smallest absolute Gasteiger partial charge is 0.268 e. The van der Waals surface area contributed by atoms with Crippen LogP contribution in [0.1, 0.15) is 46.8 Å². The maximum atomic E-state index is 14.1. The monoisotopic (exact) mass is 585 g/mol. The first kappa shape index (κ1) is 25.9. The molecule has 2 N–H and O–H groups in total. The van der Waals surface area contributed by atoms with Gasteiger partial charge in [-0.15, -0.1) is 0 Å². The lowest BCUT2D eigenvalue weighted by Crippen LogP contribution is -2.12. The Kier molecular flexibility index (Phi) is 5.98. The van der Waals surface area contributed by atoms with Gasteiger partial charge in [0.15, 0.2) is 0 Å². The molecule has 0 fully saturated rings. The van der Waals surface area contributed by atoms with Crippen LogP contribution >= 0.6 is 0 Å². The number of benzene rings is 4. The molecule has 8 rings (SSSR count). The van der Waals surface area contributed by atoms with Crippen LogP contribution in [0.25, 0.3) is 32.8 Å². The number of aryl methyl sites for hydroxylation is 1. The first-order chi connectivity index (χ1) is 21.0. The van der Waals surface area contributed by atoms with E-state index in [1.807, 2.05) is 49.4 Å². The first-order valence-electron chi connectivity index (χ1n) is 14.7. The molecule has 1 atom stereocenters. The average molecular weight is 586 g/mol. The maximum Gasteiger partial charge on any atom is 0.268 e. The van der Waals surface area contributed by atoms with Crippen LogP contribution in [0.15, 0.2) is 113 Å². The van der Waals surface area contributed by atoms with E-state index >= 15 is 0 Å². The number of anilines is 1. The molecule has 7 aromatic rings. The Bertz CT molecular complexity index is 2220. The van der Waals surface area contributed by atoms with E-state index in [9.17, 15) is 8.42 Å². The van der Waals surface area contributed by atoms with Crippen LogP contribution in [0.4, 0.5) is 5.69 Å². The van der Waals surface area contributed by atoms with E-state index in [4.69, 9.17) is 4.42 Å². The molecule has 0 amide bonds. The topological polar surface area (TPSA) is 80.0 Å². The number of H-pyrrole nitrogens is 1. The Balaban J connectivity index is 1.35. The molecule has 7 heteroatoms. The zero-order valence-electron chi connectivity index (χ0n) is 23.8. The fourth-order valence-electron chi connectivity index (χ4n) is 6.72. The molecule has 0 saturated heterocycles. The highest BCUT2D eigenvalue weighted by atomic mass is 32.2. The second kappa shape index (κ2) is 9.92. The van der Waals surface area contributed by atoms with Crippen molar-refractivity contribution in [3.8, 4) is 0 Å². The first-order valence-corrected chi connectivity index (χ1v) is 16.2. The van der Waals surface area contributed by atoms with Crippen LogP contribution in [0.3, 0.4) is 0 Å². The Morgan fingerprint density at radius 2 is 1.74 bits per heavy atom. The van der Waals surface area contributed by atoms with Gasteiger partial charge in [0.05, 0.1) is 10.4 Å². The summed E-state index contributed by atoms with van der Waals surface area (Å²) < 4.78 is 35.9. The minimum absolute atomic E-state index is 0.168. The highest BCUT2D eigenvalue weighted by Gasteiger charge is 2.29. The van der Waals surface area contributed by atoms with E-state index in [-0.39, 0.29) is 10.8 Å². The second-order valence-corrected chi connectivity index (χ2v) is 13.3. The molecular weight excluding hydrogens is 554 g/mol. The molecule has 43 heavy (non-hydrogen) atoms. The Morgan fingerprint density at radius 1 is 0.930 bits per heavy atom. The van der Waals surface area contributed by atoms with Gasteiger partial charge in [0, 0.05) is 58.6 Å². The largest absolute Gasteiger partial charge is 0.461 e. The number of hydrogen-bond acceptors (Lipinski definition) is 4. The predicted octanol–water partition coefficient (Wildman–Crippen LogP) is 8.34. The zero-order valence-corrected chi connectivity index (χ0v) is 24.6. The minimum atomic E-state index is -3.85. The zero-order chi connectivity index (χ0) is 29.1. The van der Waals surface area contributed by atoms with Crippen molar-refractivity contribution in [2.45, 2.75) is 37.0 Å². The molecule has 0 aliphatic carbocycles. The van der Waals surface area contributed by atoms with E-state index in [2.05, 4.69) is 52.9 Å². The van der Waals surface area contributed by atoms with Crippen molar-refractivity contribution in [1.82, 2.24) is 8.96 Å². The lowest BCUT2D eigenvalue weighted by Gasteiger charge is -2.19. The van der Waals surface area contributed by atoms with Crippen molar-refractivity contribution in [2.24, 2.45) is 0 Å². The number of nitrogens with zero attached hydrogens (tertiary/aromatic N) is 1. The van der Waals surface area contributed by atoms with Crippen molar-refractivity contribution < 1.29 is 12.8 Å². The van der Waals surface area contributed by atoms with Gasteiger partial charge >= 0.3 is 0 Å². The molecular formula is C36H31N3O3S. The fourth-order valence-corrected chi connectivity index (χ4v) is 8.11. The van der Waals surface area contributed by atoms with Crippen LogP contribution < -0.4 is 5.32 Å². The molecule has 4 heterocycles. The van der Waals surface area contributed by atoms with E-state index in [0.717, 1.165) is 63.8 Å². The van der Waals surface area contributed by atoms with Crippen molar-refractivity contribution in [3.05, 3.63) is 131 Å². The summed E-state index contributed by atoms with van der Waals surface area (Å²) in [6.45, 7) is 2.77. The van der Waals surface area contributed by atoms with Gasteiger partial charge in [-0.3, -0.25) is 0 Å². The number of nitrogens with one attached hydrogen (secondary N) is 2. The minimum Gasteiger partial charge on any atom is -0.461 e. The van der Waals surface area contributed by atoms with Gasteiger partial charge in [0.25, 0.3) is 10.0 Å². The van der Waals surface area contributed by atoms with Gasteiger partial charge in [0.1, 0.15) is 11.3 Å². The summed E-state index contributed by atoms with van der Waals surface area (Å²) in [6, 6.07) is 29.6. The maximum absolute atomic E-state index is 14.1. The third kappa shape index (κ3) is 4.26. The fraction of sp³-hybridized carbons (Fsp3) is 0.167. The molecule has 0 saturated carbocycles. The van der Waals surface area contributed by atoms with Gasteiger partial charge in [-0.25, -0.2) is 12.4 Å². The number of rotatable bonds is 5. The van der Waals surface area contributed by atoms with E-state index < -0.39 is 10.0 Å². The number of fused-ring (bicyclic) bond motifs is 5. The van der Waals surface area contributed by atoms with Gasteiger partial charge in [-0.05, 0) is 72.9 Å². The molecule has 1 aliphatic rings. The van der Waals surface area contributed by atoms with E-state index in [1.54, 1.807) is 18.3 Å². The summed E-state index contributed by atoms with van der Waals surface area (Å²) in [6.07, 6.45) is 6.39. The third-order valence-corrected chi connectivity index (χ3v) is 10.5. The van der Waals surface area contributed by atoms with Crippen molar-refractivity contribution in [1.29, 1.82) is 0 Å². The molecule has 214 valence electrons.